The highest BCUT2D eigenvalue weighted by atomic mass is 35.5. The molecule has 3 heterocycles. The molecule has 5 rings (SSSR count). The highest BCUT2D eigenvalue weighted by molar-refractivity contribution is 7.80. The Kier molecular flexibility index (Phi) is 6.21. The number of anilines is 1. The van der Waals surface area contributed by atoms with Crippen molar-refractivity contribution in [1.82, 2.24) is 14.9 Å². The van der Waals surface area contributed by atoms with Crippen LogP contribution in [0.5, 0.6) is 5.75 Å². The smallest absolute Gasteiger partial charge is 0.174 e. The summed E-state index contributed by atoms with van der Waals surface area (Å²) in [5.74, 6) is 0.334. The van der Waals surface area contributed by atoms with Gasteiger partial charge in [-0.2, -0.15) is 0 Å². The van der Waals surface area contributed by atoms with E-state index in [1.165, 1.54) is 12.1 Å². The first-order valence-corrected chi connectivity index (χ1v) is 12.0. The molecule has 1 aliphatic heterocycles. The average molecular weight is 507 g/mol. The zero-order chi connectivity index (χ0) is 24.7. The lowest BCUT2D eigenvalue weighted by Gasteiger charge is -2.28. The van der Waals surface area contributed by atoms with Gasteiger partial charge in [-0.15, -0.1) is 0 Å². The van der Waals surface area contributed by atoms with Gasteiger partial charge < -0.3 is 19.5 Å². The van der Waals surface area contributed by atoms with Crippen LogP contribution >= 0.6 is 23.8 Å². The molecule has 5 nitrogen and oxygen atoms in total. The molecular weight excluding hydrogens is 483 g/mol. The Morgan fingerprint density at radius 3 is 2.43 bits per heavy atom. The summed E-state index contributed by atoms with van der Waals surface area (Å²) in [5, 5.41) is 4.57. The lowest BCUT2D eigenvalue weighted by Crippen LogP contribution is -2.29. The number of aromatic nitrogens is 2. The van der Waals surface area contributed by atoms with Gasteiger partial charge in [0.2, 0.25) is 0 Å². The predicted octanol–water partition coefficient (Wildman–Crippen LogP) is 6.47. The first kappa shape index (κ1) is 23.3. The molecule has 1 aliphatic rings. The van der Waals surface area contributed by atoms with Gasteiger partial charge in [0.05, 0.1) is 29.9 Å². The van der Waals surface area contributed by atoms with Crippen molar-refractivity contribution < 1.29 is 9.13 Å². The molecule has 1 N–H and O–H groups in total. The molecule has 0 spiro atoms. The van der Waals surface area contributed by atoms with E-state index in [0.717, 1.165) is 34.0 Å². The van der Waals surface area contributed by atoms with Crippen molar-refractivity contribution in [1.29, 1.82) is 0 Å². The van der Waals surface area contributed by atoms with Crippen LogP contribution in [0.15, 0.2) is 72.9 Å². The molecule has 0 saturated carbocycles. The van der Waals surface area contributed by atoms with Crippen molar-refractivity contribution in [3.8, 4) is 11.4 Å². The molecule has 1 saturated heterocycles. The molecule has 4 aromatic rings. The van der Waals surface area contributed by atoms with Crippen LogP contribution in [0.3, 0.4) is 0 Å². The molecule has 0 amide bonds. The van der Waals surface area contributed by atoms with Crippen LogP contribution in [0.4, 0.5) is 10.1 Å². The van der Waals surface area contributed by atoms with E-state index in [4.69, 9.17) is 28.6 Å². The van der Waals surface area contributed by atoms with E-state index < -0.39 is 0 Å². The quantitative estimate of drug-likeness (QED) is 0.314. The molecule has 2 aromatic heterocycles. The largest absolute Gasteiger partial charge is 0.495 e. The van der Waals surface area contributed by atoms with Gasteiger partial charge in [-0.1, -0.05) is 17.7 Å². The zero-order valence-electron chi connectivity index (χ0n) is 19.5. The van der Waals surface area contributed by atoms with Gasteiger partial charge in [-0.3, -0.25) is 4.98 Å². The Morgan fingerprint density at radius 2 is 1.77 bits per heavy atom. The van der Waals surface area contributed by atoms with Crippen molar-refractivity contribution in [2.45, 2.75) is 25.9 Å². The van der Waals surface area contributed by atoms with E-state index >= 15 is 0 Å². The summed E-state index contributed by atoms with van der Waals surface area (Å²) in [7, 11) is 1.59. The lowest BCUT2D eigenvalue weighted by atomic mass is 9.96. The number of hydrogen-bond acceptors (Lipinski definition) is 3. The summed E-state index contributed by atoms with van der Waals surface area (Å²) in [4.78, 5) is 6.71. The average Bonchev–Trinajstić information content (AvgIpc) is 3.35. The summed E-state index contributed by atoms with van der Waals surface area (Å²) in [5.41, 5.74) is 5.79. The second-order valence-corrected chi connectivity index (χ2v) is 9.25. The summed E-state index contributed by atoms with van der Waals surface area (Å²) < 4.78 is 21.1. The normalized spacial score (nSPS) is 17.5. The molecular formula is C27H24ClFN4OS. The maximum Gasteiger partial charge on any atom is 0.174 e. The number of rotatable bonds is 5. The summed E-state index contributed by atoms with van der Waals surface area (Å²) in [6, 6.07) is 19.8. The van der Waals surface area contributed by atoms with Crippen LogP contribution in [0.2, 0.25) is 5.02 Å². The molecule has 0 aliphatic carbocycles. The van der Waals surface area contributed by atoms with E-state index in [9.17, 15) is 4.39 Å². The SMILES string of the molecule is COc1ccc(N2C(=S)N[C@H](c3ccccn3)[C@H]2c2cc(C)n(-c3ccc(F)cc3)c2C)cc1Cl. The van der Waals surface area contributed by atoms with E-state index in [1.54, 1.807) is 25.4 Å². The third kappa shape index (κ3) is 4.15. The maximum absolute atomic E-state index is 13.6. The molecule has 0 bridgehead atoms. The Bertz CT molecular complexity index is 1390. The minimum Gasteiger partial charge on any atom is -0.495 e. The van der Waals surface area contributed by atoms with E-state index in [2.05, 4.69) is 32.8 Å². The Balaban J connectivity index is 1.67. The van der Waals surface area contributed by atoms with Crippen LogP contribution in [0, 0.1) is 19.7 Å². The predicted molar refractivity (Wildman–Crippen MR) is 141 cm³/mol. The second kappa shape index (κ2) is 9.32. The van der Waals surface area contributed by atoms with Gasteiger partial charge in [0.1, 0.15) is 11.6 Å². The monoisotopic (exact) mass is 506 g/mol. The van der Waals surface area contributed by atoms with E-state index in [1.807, 2.05) is 43.3 Å². The molecule has 0 unspecified atom stereocenters. The van der Waals surface area contributed by atoms with Crippen molar-refractivity contribution in [2.24, 2.45) is 0 Å². The summed E-state index contributed by atoms with van der Waals surface area (Å²) >= 11 is 12.3. The van der Waals surface area contributed by atoms with Crippen molar-refractivity contribution in [3.05, 3.63) is 106 Å². The molecule has 178 valence electrons. The first-order chi connectivity index (χ1) is 16.9. The molecule has 2 atom stereocenters. The number of halogens is 2. The molecule has 8 heteroatoms. The van der Waals surface area contributed by atoms with Gasteiger partial charge in [-0.25, -0.2) is 4.39 Å². The fourth-order valence-electron chi connectivity index (χ4n) is 4.83. The van der Waals surface area contributed by atoms with E-state index in [-0.39, 0.29) is 17.9 Å². The molecule has 2 aromatic carbocycles. The topological polar surface area (TPSA) is 42.3 Å². The zero-order valence-corrected chi connectivity index (χ0v) is 21.1. The Morgan fingerprint density at radius 1 is 1.03 bits per heavy atom. The van der Waals surface area contributed by atoms with Crippen LogP contribution in [0.1, 0.15) is 34.7 Å². The summed E-state index contributed by atoms with van der Waals surface area (Å²) in [6.45, 7) is 4.12. The third-order valence-corrected chi connectivity index (χ3v) is 7.00. The van der Waals surface area contributed by atoms with E-state index in [0.29, 0.717) is 15.9 Å². The van der Waals surface area contributed by atoms with Gasteiger partial charge in [0.25, 0.3) is 0 Å². The third-order valence-electron chi connectivity index (χ3n) is 6.39. The van der Waals surface area contributed by atoms with Gasteiger partial charge >= 0.3 is 0 Å². The number of pyridine rings is 1. The Hall–Kier alpha value is -3.42. The number of methoxy groups -OCH3 is 1. The number of nitrogens with one attached hydrogen (secondary N) is 1. The van der Waals surface area contributed by atoms with Gasteiger partial charge in [0, 0.05) is 29.0 Å². The molecule has 35 heavy (non-hydrogen) atoms. The Labute approximate surface area is 214 Å². The van der Waals surface area contributed by atoms with Crippen molar-refractivity contribution in [2.75, 3.05) is 12.0 Å². The number of nitrogens with zero attached hydrogens (tertiary/aromatic N) is 3. The van der Waals surface area contributed by atoms with Gasteiger partial charge in [-0.05, 0) is 92.3 Å². The number of aryl methyl sites for hydroxylation is 1. The number of benzene rings is 2. The van der Waals surface area contributed by atoms with Crippen molar-refractivity contribution >= 4 is 34.6 Å². The fourth-order valence-corrected chi connectivity index (χ4v) is 5.43. The first-order valence-electron chi connectivity index (χ1n) is 11.2. The number of ether oxygens (including phenoxy) is 1. The van der Waals surface area contributed by atoms with Crippen LogP contribution < -0.4 is 15.0 Å². The second-order valence-electron chi connectivity index (χ2n) is 8.45. The van der Waals surface area contributed by atoms with Crippen LogP contribution in [-0.2, 0) is 0 Å². The highest BCUT2D eigenvalue weighted by Gasteiger charge is 2.42. The molecule has 0 radical (unpaired) electrons. The fraction of sp³-hybridized carbons (Fsp3) is 0.185. The summed E-state index contributed by atoms with van der Waals surface area (Å²) in [6.07, 6.45) is 1.78. The minimum atomic E-state index is -0.264. The van der Waals surface area contributed by atoms with Gasteiger partial charge in [0.15, 0.2) is 5.11 Å². The van der Waals surface area contributed by atoms with Crippen LogP contribution in [-0.4, -0.2) is 21.8 Å². The maximum atomic E-state index is 13.6. The number of thiocarbonyl (C=S) groups is 1. The standard InChI is InChI=1S/C27H24ClFN4OS/c1-16-14-21(17(2)32(16)19-9-7-18(29)8-10-19)26-25(23-6-4-5-13-30-23)31-27(35)33(26)20-11-12-24(34-3)22(28)15-20/h4-15,25-26H,1-3H3,(H,31,35)/t25-,26-/m1/s1. The lowest BCUT2D eigenvalue weighted by molar-refractivity contribution is 0.415. The van der Waals surface area contributed by atoms with Crippen LogP contribution in [0.25, 0.3) is 5.69 Å². The minimum absolute atomic E-state index is 0.188. The van der Waals surface area contributed by atoms with Crippen molar-refractivity contribution in [3.63, 3.8) is 0 Å². The highest BCUT2D eigenvalue weighted by Crippen LogP contribution is 2.44. The number of hydrogen-bond donors (Lipinski definition) is 1. The molecule has 1 fully saturated rings.